The predicted molar refractivity (Wildman–Crippen MR) is 141 cm³/mol. The molecule has 0 saturated carbocycles. The number of carbonyl (C=O) groups is 1. The smallest absolute Gasteiger partial charge is 0.304 e. The van der Waals surface area contributed by atoms with Crippen LogP contribution in [0.25, 0.3) is 10.9 Å². The number of anilines is 1. The van der Waals surface area contributed by atoms with Crippen LogP contribution in [-0.2, 0) is 9.53 Å². The Kier molecular flexibility index (Phi) is 13.8. The number of aliphatic imine (C=N–C) groups is 1. The highest BCUT2D eigenvalue weighted by Crippen LogP contribution is 2.32. The highest BCUT2D eigenvalue weighted by atomic mass is 32.2. The second-order valence-corrected chi connectivity index (χ2v) is 8.44. The molecular formula is C22H32N4O6S2. The maximum Gasteiger partial charge on any atom is 0.304 e. The van der Waals surface area contributed by atoms with Gasteiger partial charge in [-0.3, -0.25) is 9.79 Å². The first-order chi connectivity index (χ1) is 15.0. The molecule has 188 valence electrons. The number of aromatic amines is 2. The van der Waals surface area contributed by atoms with Crippen LogP contribution in [-0.4, -0.2) is 69.2 Å². The molecule has 0 radical (unpaired) electrons. The van der Waals surface area contributed by atoms with E-state index in [0.717, 1.165) is 26.3 Å². The first-order valence-corrected chi connectivity index (χ1v) is 10.9. The van der Waals surface area contributed by atoms with E-state index in [1.165, 1.54) is 11.8 Å². The van der Waals surface area contributed by atoms with Crippen LogP contribution in [0, 0.1) is 4.64 Å². The highest BCUT2D eigenvalue weighted by molar-refractivity contribution is 8.15. The van der Waals surface area contributed by atoms with Crippen LogP contribution in [0.5, 0.6) is 5.75 Å². The number of rotatable bonds is 7. The Morgan fingerprint density at radius 2 is 2.06 bits per heavy atom. The van der Waals surface area contributed by atoms with Gasteiger partial charge >= 0.3 is 5.97 Å². The zero-order valence-electron chi connectivity index (χ0n) is 18.0. The third-order valence-corrected chi connectivity index (χ3v) is 5.79. The Morgan fingerprint density at radius 1 is 1.29 bits per heavy atom. The van der Waals surface area contributed by atoms with Crippen LogP contribution in [0.2, 0.25) is 0 Å². The first kappa shape index (κ1) is 31.1. The molecule has 3 aromatic rings. The largest absolute Gasteiger partial charge is 0.491 e. The number of H-pyrrole nitrogens is 2. The van der Waals surface area contributed by atoms with Gasteiger partial charge in [-0.05, 0) is 24.3 Å². The number of ether oxygens (including phenoxy) is 2. The summed E-state index contributed by atoms with van der Waals surface area (Å²) in [5.74, 6) is -0.116. The molecule has 0 amide bonds. The van der Waals surface area contributed by atoms with E-state index in [4.69, 9.17) is 32.5 Å². The molecule has 9 N–H and O–H groups in total. The van der Waals surface area contributed by atoms with Gasteiger partial charge in [0, 0.05) is 30.0 Å². The SMILES string of the molecule is C.COCCOc1cc(N)c2[nH]c(C3=NCC(CC(=O)O)S3)cc2c1.O.O.S=c1cccc[nH]1. The normalized spacial score (nSPS) is 13.9. The number of nitrogens with two attached hydrogens (primary N) is 1. The maximum atomic E-state index is 10.8. The highest BCUT2D eigenvalue weighted by Gasteiger charge is 2.24. The zero-order valence-corrected chi connectivity index (χ0v) is 19.6. The topological polar surface area (TPSA) is 189 Å². The van der Waals surface area contributed by atoms with E-state index < -0.39 is 5.97 Å². The number of hydrogen-bond donors (Lipinski definition) is 4. The third-order valence-electron chi connectivity index (χ3n) is 4.32. The molecule has 1 aliphatic rings. The van der Waals surface area contributed by atoms with Crippen molar-refractivity contribution in [3.63, 3.8) is 0 Å². The fourth-order valence-corrected chi connectivity index (χ4v) is 4.15. The molecule has 1 unspecified atom stereocenters. The van der Waals surface area contributed by atoms with Crippen molar-refractivity contribution in [2.75, 3.05) is 32.6 Å². The number of thioether (sulfide) groups is 1. The Balaban J connectivity index is 0.000000944. The van der Waals surface area contributed by atoms with Gasteiger partial charge in [0.2, 0.25) is 0 Å². The molecular weight excluding hydrogens is 480 g/mol. The Morgan fingerprint density at radius 3 is 2.65 bits per heavy atom. The molecule has 10 nitrogen and oxygen atoms in total. The molecule has 2 aromatic heterocycles. The van der Waals surface area contributed by atoms with E-state index in [2.05, 4.69) is 15.0 Å². The first-order valence-electron chi connectivity index (χ1n) is 9.57. The lowest BCUT2D eigenvalue weighted by molar-refractivity contribution is -0.136. The lowest BCUT2D eigenvalue weighted by Gasteiger charge is -2.06. The summed E-state index contributed by atoms with van der Waals surface area (Å²) in [5.41, 5.74) is 8.37. The molecule has 3 heterocycles. The fourth-order valence-electron chi connectivity index (χ4n) is 2.93. The fraction of sp³-hybridized carbons (Fsp3) is 0.318. The van der Waals surface area contributed by atoms with Gasteiger partial charge in [-0.1, -0.05) is 37.5 Å². The predicted octanol–water partition coefficient (Wildman–Crippen LogP) is 2.84. The van der Waals surface area contributed by atoms with Gasteiger partial charge in [-0.25, -0.2) is 0 Å². The minimum absolute atomic E-state index is 0. The van der Waals surface area contributed by atoms with Crippen molar-refractivity contribution in [2.24, 2.45) is 4.99 Å². The molecule has 0 bridgehead atoms. The van der Waals surface area contributed by atoms with Gasteiger partial charge in [-0.15, -0.1) is 0 Å². The molecule has 1 atom stereocenters. The quantitative estimate of drug-likeness (QED) is 0.212. The van der Waals surface area contributed by atoms with Gasteiger partial charge < -0.3 is 41.2 Å². The van der Waals surface area contributed by atoms with Gasteiger partial charge in [0.25, 0.3) is 0 Å². The summed E-state index contributed by atoms with van der Waals surface area (Å²) >= 11 is 6.24. The number of aliphatic carboxylic acids is 1. The summed E-state index contributed by atoms with van der Waals surface area (Å²) in [6, 6.07) is 11.3. The van der Waals surface area contributed by atoms with E-state index in [1.54, 1.807) is 13.2 Å². The number of carboxylic acids is 1. The van der Waals surface area contributed by atoms with Crippen molar-refractivity contribution >= 4 is 51.6 Å². The van der Waals surface area contributed by atoms with Crippen molar-refractivity contribution < 1.29 is 30.3 Å². The number of hydrogen-bond acceptors (Lipinski definition) is 7. The van der Waals surface area contributed by atoms with Crippen LogP contribution in [0.15, 0.2) is 47.6 Å². The molecule has 4 rings (SSSR count). The number of benzene rings is 1. The summed E-state index contributed by atoms with van der Waals surface area (Å²) in [7, 11) is 1.62. The lowest BCUT2D eigenvalue weighted by atomic mass is 10.2. The average molecular weight is 513 g/mol. The number of nitrogen functional groups attached to an aromatic ring is 1. The van der Waals surface area contributed by atoms with E-state index in [1.807, 2.05) is 36.5 Å². The van der Waals surface area contributed by atoms with E-state index >= 15 is 0 Å². The number of methoxy groups -OCH3 is 1. The van der Waals surface area contributed by atoms with Gasteiger partial charge in [0.1, 0.15) is 22.0 Å². The van der Waals surface area contributed by atoms with Crippen LogP contribution < -0.4 is 10.5 Å². The van der Waals surface area contributed by atoms with Crippen LogP contribution >= 0.6 is 24.0 Å². The number of carboxylic acid groups (broad SMARTS) is 1. The van der Waals surface area contributed by atoms with Crippen molar-refractivity contribution in [1.82, 2.24) is 9.97 Å². The standard InChI is InChI=1S/C16H19N3O4S.C5H5NS.CH4.2H2O/c1-22-2-3-23-10-4-9-5-13(19-15(9)12(17)6-10)16-18-8-11(24-16)7-14(20)21;7-5-3-1-2-4-6-5;;;/h4-6,11,19H,2-3,7-8,17H2,1H3,(H,20,21);1-4H,(H,6,7);1H4;2*1H2. The second kappa shape index (κ2) is 15.1. The Bertz CT molecular complexity index is 1110. The average Bonchev–Trinajstić information content (AvgIpc) is 3.36. The van der Waals surface area contributed by atoms with Gasteiger partial charge in [0.05, 0.1) is 36.5 Å². The van der Waals surface area contributed by atoms with Crippen LogP contribution in [0.4, 0.5) is 5.69 Å². The third kappa shape index (κ3) is 8.80. The van der Waals surface area contributed by atoms with Gasteiger partial charge in [0.15, 0.2) is 0 Å². The lowest BCUT2D eigenvalue weighted by Crippen LogP contribution is -2.10. The molecule has 0 aliphatic carbocycles. The Labute approximate surface area is 207 Å². The van der Waals surface area contributed by atoms with Crippen molar-refractivity contribution in [1.29, 1.82) is 0 Å². The van der Waals surface area contributed by atoms with E-state index in [0.29, 0.717) is 31.2 Å². The monoisotopic (exact) mass is 512 g/mol. The number of aromatic nitrogens is 2. The van der Waals surface area contributed by atoms with Crippen LogP contribution in [0.3, 0.4) is 0 Å². The van der Waals surface area contributed by atoms with Crippen molar-refractivity contribution in [3.05, 3.63) is 52.9 Å². The number of pyridine rings is 1. The summed E-state index contributed by atoms with van der Waals surface area (Å²) in [6.45, 7) is 1.48. The molecule has 12 heteroatoms. The summed E-state index contributed by atoms with van der Waals surface area (Å²) in [4.78, 5) is 21.4. The maximum absolute atomic E-state index is 10.8. The molecule has 1 aliphatic heterocycles. The molecule has 1 aromatic carbocycles. The van der Waals surface area contributed by atoms with Crippen LogP contribution in [0.1, 0.15) is 19.5 Å². The van der Waals surface area contributed by atoms with Gasteiger partial charge in [-0.2, -0.15) is 0 Å². The summed E-state index contributed by atoms with van der Waals surface area (Å²) in [5, 5.41) is 10.6. The Hall–Kier alpha value is -2.90. The van der Waals surface area contributed by atoms with E-state index in [-0.39, 0.29) is 30.0 Å². The molecule has 0 saturated heterocycles. The number of fused-ring (bicyclic) bond motifs is 1. The minimum atomic E-state index is -0.803. The zero-order chi connectivity index (χ0) is 22.2. The molecule has 34 heavy (non-hydrogen) atoms. The second-order valence-electron chi connectivity index (χ2n) is 6.71. The minimum Gasteiger partial charge on any atom is -0.491 e. The van der Waals surface area contributed by atoms with Crippen molar-refractivity contribution in [2.45, 2.75) is 19.1 Å². The number of nitrogens with one attached hydrogen (secondary N) is 2. The number of nitrogens with zero attached hydrogens (tertiary/aromatic N) is 1. The van der Waals surface area contributed by atoms with Crippen molar-refractivity contribution in [3.8, 4) is 5.75 Å². The molecule has 0 fully saturated rings. The molecule has 0 spiro atoms. The van der Waals surface area contributed by atoms with E-state index in [9.17, 15) is 4.79 Å². The summed E-state index contributed by atoms with van der Waals surface area (Å²) < 4.78 is 11.4. The summed E-state index contributed by atoms with van der Waals surface area (Å²) in [6.07, 6.45) is 1.92.